The highest BCUT2D eigenvalue weighted by Gasteiger charge is 2.02. The number of nitrogens with zero attached hydrogens (tertiary/aromatic N) is 4. The normalized spacial score (nSPS) is 10.7. The van der Waals surface area contributed by atoms with E-state index in [4.69, 9.17) is 5.11 Å². The molecule has 0 aliphatic heterocycles. The second-order valence-corrected chi connectivity index (χ2v) is 4.70. The lowest BCUT2D eigenvalue weighted by Gasteiger charge is -2.01. The van der Waals surface area contributed by atoms with Crippen LogP contribution < -0.4 is 5.32 Å². The van der Waals surface area contributed by atoms with Crippen molar-refractivity contribution in [2.45, 2.75) is 13.1 Å². The molecular formula is C15H17N5O. The van der Waals surface area contributed by atoms with Crippen molar-refractivity contribution < 1.29 is 5.11 Å². The van der Waals surface area contributed by atoms with Crippen molar-refractivity contribution in [2.75, 3.05) is 11.9 Å². The molecule has 0 fully saturated rings. The molecule has 0 aliphatic carbocycles. The Morgan fingerprint density at radius 2 is 1.90 bits per heavy atom. The maximum atomic E-state index is 8.86. The van der Waals surface area contributed by atoms with Crippen LogP contribution in [0.25, 0.3) is 5.69 Å². The highest BCUT2D eigenvalue weighted by Crippen LogP contribution is 2.10. The number of nitrogens with one attached hydrogen (secondary N) is 1. The van der Waals surface area contributed by atoms with Gasteiger partial charge < -0.3 is 10.4 Å². The number of hydrogen-bond donors (Lipinski definition) is 2. The summed E-state index contributed by atoms with van der Waals surface area (Å²) in [5.74, 6) is 0. The van der Waals surface area contributed by atoms with Crippen LogP contribution in [0.1, 0.15) is 5.56 Å². The lowest BCUT2D eigenvalue weighted by molar-refractivity contribution is 0.269. The van der Waals surface area contributed by atoms with E-state index in [9.17, 15) is 0 Å². The predicted molar refractivity (Wildman–Crippen MR) is 80.2 cm³/mol. The summed E-state index contributed by atoms with van der Waals surface area (Å²) < 4.78 is 3.56. The third-order valence-corrected chi connectivity index (χ3v) is 3.12. The van der Waals surface area contributed by atoms with Crippen LogP contribution in [0.15, 0.2) is 55.1 Å². The SMILES string of the molecule is OCCn1cc(NCc2cnn(-c3ccccc3)c2)cn1. The molecule has 2 aromatic heterocycles. The number of hydrogen-bond acceptors (Lipinski definition) is 4. The molecule has 0 radical (unpaired) electrons. The van der Waals surface area contributed by atoms with Gasteiger partial charge in [0.25, 0.3) is 0 Å². The molecule has 108 valence electrons. The van der Waals surface area contributed by atoms with Gasteiger partial charge in [0, 0.05) is 24.5 Å². The van der Waals surface area contributed by atoms with Gasteiger partial charge in [-0.25, -0.2) is 4.68 Å². The molecular weight excluding hydrogens is 266 g/mol. The first-order chi connectivity index (χ1) is 10.3. The molecule has 0 saturated carbocycles. The van der Waals surface area contributed by atoms with Gasteiger partial charge in [0.05, 0.1) is 36.9 Å². The Balaban J connectivity index is 1.62. The molecule has 3 aromatic rings. The van der Waals surface area contributed by atoms with Gasteiger partial charge in [0.1, 0.15) is 0 Å². The predicted octanol–water partition coefficient (Wildman–Crippen LogP) is 1.67. The smallest absolute Gasteiger partial charge is 0.0729 e. The Morgan fingerprint density at radius 3 is 2.71 bits per heavy atom. The average molecular weight is 283 g/mol. The van der Waals surface area contributed by atoms with E-state index in [0.29, 0.717) is 13.1 Å². The minimum atomic E-state index is 0.0883. The Hall–Kier alpha value is -2.60. The number of aromatic nitrogens is 4. The summed E-state index contributed by atoms with van der Waals surface area (Å²) in [5, 5.41) is 20.6. The van der Waals surface area contributed by atoms with Gasteiger partial charge in [-0.05, 0) is 12.1 Å². The number of anilines is 1. The molecule has 0 amide bonds. The largest absolute Gasteiger partial charge is 0.394 e. The van der Waals surface area contributed by atoms with E-state index in [0.717, 1.165) is 16.9 Å². The second kappa shape index (κ2) is 6.23. The van der Waals surface area contributed by atoms with E-state index in [1.165, 1.54) is 0 Å². The van der Waals surface area contributed by atoms with Crippen molar-refractivity contribution >= 4 is 5.69 Å². The Kier molecular flexibility index (Phi) is 3.97. The van der Waals surface area contributed by atoms with Gasteiger partial charge in [-0.3, -0.25) is 4.68 Å². The molecule has 0 saturated heterocycles. The van der Waals surface area contributed by atoms with Gasteiger partial charge in [-0.1, -0.05) is 18.2 Å². The number of aliphatic hydroxyl groups excluding tert-OH is 1. The molecule has 2 N–H and O–H groups in total. The van der Waals surface area contributed by atoms with Gasteiger partial charge in [0.15, 0.2) is 0 Å². The van der Waals surface area contributed by atoms with E-state index in [1.54, 1.807) is 10.9 Å². The third kappa shape index (κ3) is 3.29. The van der Waals surface area contributed by atoms with Crippen LogP contribution in [0, 0.1) is 0 Å². The fourth-order valence-electron chi connectivity index (χ4n) is 2.06. The lowest BCUT2D eigenvalue weighted by Crippen LogP contribution is -2.02. The summed E-state index contributed by atoms with van der Waals surface area (Å²) >= 11 is 0. The molecule has 0 bridgehead atoms. The van der Waals surface area contributed by atoms with Gasteiger partial charge in [0.2, 0.25) is 0 Å². The van der Waals surface area contributed by atoms with Crippen LogP contribution in [-0.4, -0.2) is 31.3 Å². The van der Waals surface area contributed by atoms with Crippen molar-refractivity contribution in [3.05, 3.63) is 60.7 Å². The highest BCUT2D eigenvalue weighted by atomic mass is 16.3. The topological polar surface area (TPSA) is 67.9 Å². The fourth-order valence-corrected chi connectivity index (χ4v) is 2.06. The zero-order valence-electron chi connectivity index (χ0n) is 11.6. The van der Waals surface area contributed by atoms with Gasteiger partial charge in [-0.2, -0.15) is 10.2 Å². The minimum absolute atomic E-state index is 0.0883. The van der Waals surface area contributed by atoms with Crippen molar-refractivity contribution in [3.63, 3.8) is 0 Å². The summed E-state index contributed by atoms with van der Waals surface area (Å²) in [4.78, 5) is 0. The van der Waals surface area contributed by atoms with Crippen LogP contribution in [0.5, 0.6) is 0 Å². The second-order valence-electron chi connectivity index (χ2n) is 4.70. The van der Waals surface area contributed by atoms with E-state index in [2.05, 4.69) is 15.5 Å². The molecule has 1 aromatic carbocycles. The van der Waals surface area contributed by atoms with E-state index < -0.39 is 0 Å². The molecule has 0 unspecified atom stereocenters. The Labute approximate surface area is 122 Å². The van der Waals surface area contributed by atoms with E-state index in [-0.39, 0.29) is 6.61 Å². The quantitative estimate of drug-likeness (QED) is 0.722. The van der Waals surface area contributed by atoms with Crippen LogP contribution in [0.2, 0.25) is 0 Å². The van der Waals surface area contributed by atoms with Crippen LogP contribution in [0.4, 0.5) is 5.69 Å². The van der Waals surface area contributed by atoms with Gasteiger partial charge in [-0.15, -0.1) is 0 Å². The first-order valence-electron chi connectivity index (χ1n) is 6.81. The van der Waals surface area contributed by atoms with E-state index >= 15 is 0 Å². The fraction of sp³-hybridized carbons (Fsp3) is 0.200. The molecule has 6 nitrogen and oxygen atoms in total. The Morgan fingerprint density at radius 1 is 1.05 bits per heavy atom. The lowest BCUT2D eigenvalue weighted by atomic mass is 10.3. The highest BCUT2D eigenvalue weighted by molar-refractivity contribution is 5.39. The maximum Gasteiger partial charge on any atom is 0.0729 e. The summed E-state index contributed by atoms with van der Waals surface area (Å²) in [7, 11) is 0. The monoisotopic (exact) mass is 283 g/mol. The molecule has 6 heteroatoms. The zero-order chi connectivity index (χ0) is 14.5. The molecule has 0 atom stereocenters. The first-order valence-corrected chi connectivity index (χ1v) is 6.81. The van der Waals surface area contributed by atoms with Crippen molar-refractivity contribution in [2.24, 2.45) is 0 Å². The minimum Gasteiger partial charge on any atom is -0.394 e. The Bertz CT molecular complexity index is 689. The van der Waals surface area contributed by atoms with Gasteiger partial charge >= 0.3 is 0 Å². The van der Waals surface area contributed by atoms with Crippen LogP contribution in [0.3, 0.4) is 0 Å². The standard InChI is InChI=1S/C15H17N5O/c21-7-6-19-12-14(10-17-19)16-8-13-9-18-20(11-13)15-4-2-1-3-5-15/h1-5,9-12,16,21H,6-8H2. The average Bonchev–Trinajstić information content (AvgIpc) is 3.16. The summed E-state index contributed by atoms with van der Waals surface area (Å²) in [6.07, 6.45) is 7.47. The molecule has 2 heterocycles. The molecule has 3 rings (SSSR count). The molecule has 0 aliphatic rings. The summed E-state index contributed by atoms with van der Waals surface area (Å²) in [6.45, 7) is 1.27. The maximum absolute atomic E-state index is 8.86. The first kappa shape index (κ1) is 13.4. The van der Waals surface area contributed by atoms with E-state index in [1.807, 2.05) is 53.6 Å². The third-order valence-electron chi connectivity index (χ3n) is 3.12. The van der Waals surface area contributed by atoms with Crippen LogP contribution >= 0.6 is 0 Å². The number of aliphatic hydroxyl groups is 1. The van der Waals surface area contributed by atoms with Crippen molar-refractivity contribution in [1.29, 1.82) is 0 Å². The summed E-state index contributed by atoms with van der Waals surface area (Å²) in [6, 6.07) is 10.0. The van der Waals surface area contributed by atoms with Crippen LogP contribution in [-0.2, 0) is 13.1 Å². The van der Waals surface area contributed by atoms with Crippen molar-refractivity contribution in [3.8, 4) is 5.69 Å². The summed E-state index contributed by atoms with van der Waals surface area (Å²) in [5.41, 5.74) is 3.06. The molecule has 21 heavy (non-hydrogen) atoms. The molecule has 0 spiro atoms. The number of para-hydroxylation sites is 1. The number of rotatable bonds is 6. The number of benzene rings is 1. The zero-order valence-corrected chi connectivity index (χ0v) is 11.6. The van der Waals surface area contributed by atoms with Crippen molar-refractivity contribution in [1.82, 2.24) is 19.6 Å².